The molecule has 0 aliphatic rings. The molecule has 4 heteroatoms. The van der Waals surface area contributed by atoms with Gasteiger partial charge in [0.05, 0.1) is 0 Å². The van der Waals surface area contributed by atoms with Crippen molar-refractivity contribution in [2.24, 2.45) is 0 Å². The van der Waals surface area contributed by atoms with Gasteiger partial charge in [-0.15, -0.1) is 0 Å². The van der Waals surface area contributed by atoms with Crippen molar-refractivity contribution < 1.29 is 4.79 Å². The zero-order chi connectivity index (χ0) is 16.4. The zero-order valence-electron chi connectivity index (χ0n) is 14.4. The Bertz CT molecular complexity index is 662. The molecule has 1 aromatic heterocycles. The average molecular weight is 301 g/mol. The molecule has 0 atom stereocenters. The van der Waals surface area contributed by atoms with Gasteiger partial charge in [0.2, 0.25) is 0 Å². The molecule has 0 aliphatic carbocycles. The van der Waals surface area contributed by atoms with Crippen LogP contribution in [0.4, 0.5) is 4.79 Å². The molecule has 4 nitrogen and oxygen atoms in total. The Kier molecular flexibility index (Phi) is 4.79. The number of aryl methyl sites for hydroxylation is 2. The number of nitrogens with one attached hydrogen (secondary N) is 2. The summed E-state index contributed by atoms with van der Waals surface area (Å²) in [6, 6.07) is 6.68. The first kappa shape index (κ1) is 16.4. The molecule has 2 N–H and O–H groups in total. The number of hydrogen-bond donors (Lipinski definition) is 2. The number of H-pyrrole nitrogens is 1. The number of hydrogen-bond acceptors (Lipinski definition) is 1. The highest BCUT2D eigenvalue weighted by Crippen LogP contribution is 2.22. The van der Waals surface area contributed by atoms with Crippen molar-refractivity contribution in [3.8, 4) is 0 Å². The standard InChI is InChI=1S/C18H27N3O/c1-11(2)21(12(3)4)18(22)19-10-15-7-8-17-16(9-15)13(5)14(6)20-17/h7-9,11-12,20H,10H2,1-6H3,(H,19,22). The summed E-state index contributed by atoms with van der Waals surface area (Å²) in [4.78, 5) is 17.6. The number of amides is 2. The summed E-state index contributed by atoms with van der Waals surface area (Å²) in [7, 11) is 0. The van der Waals surface area contributed by atoms with E-state index in [1.165, 1.54) is 16.6 Å². The van der Waals surface area contributed by atoms with Crippen LogP contribution in [0.1, 0.15) is 44.5 Å². The van der Waals surface area contributed by atoms with Gasteiger partial charge in [-0.25, -0.2) is 4.79 Å². The van der Waals surface area contributed by atoms with E-state index in [2.05, 4.69) is 42.3 Å². The molecule has 0 saturated heterocycles. The van der Waals surface area contributed by atoms with E-state index in [0.29, 0.717) is 6.54 Å². The third-order valence-electron chi connectivity index (χ3n) is 4.16. The summed E-state index contributed by atoms with van der Waals surface area (Å²) in [5, 5.41) is 4.26. The summed E-state index contributed by atoms with van der Waals surface area (Å²) < 4.78 is 0. The normalized spacial score (nSPS) is 11.5. The van der Waals surface area contributed by atoms with Crippen molar-refractivity contribution in [2.45, 2.75) is 60.2 Å². The monoisotopic (exact) mass is 301 g/mol. The van der Waals surface area contributed by atoms with Crippen LogP contribution in [0, 0.1) is 13.8 Å². The Morgan fingerprint density at radius 2 is 1.82 bits per heavy atom. The molecule has 2 aromatic rings. The van der Waals surface area contributed by atoms with E-state index in [-0.39, 0.29) is 18.1 Å². The Balaban J connectivity index is 2.11. The number of aromatic amines is 1. The first-order chi connectivity index (χ1) is 10.3. The molecule has 22 heavy (non-hydrogen) atoms. The minimum atomic E-state index is -0.00734. The van der Waals surface area contributed by atoms with E-state index in [1.807, 2.05) is 32.6 Å². The fourth-order valence-electron chi connectivity index (χ4n) is 2.95. The molecule has 2 rings (SSSR count). The van der Waals surface area contributed by atoms with E-state index in [1.54, 1.807) is 0 Å². The predicted octanol–water partition coefficient (Wildman–Crippen LogP) is 4.11. The number of aromatic nitrogens is 1. The van der Waals surface area contributed by atoms with Crippen LogP contribution in [-0.2, 0) is 6.54 Å². The number of rotatable bonds is 4. The van der Waals surface area contributed by atoms with Gasteiger partial charge in [-0.1, -0.05) is 6.07 Å². The van der Waals surface area contributed by atoms with Crippen molar-refractivity contribution in [3.63, 3.8) is 0 Å². The maximum atomic E-state index is 12.3. The summed E-state index contributed by atoms with van der Waals surface area (Å²) in [5.41, 5.74) is 4.74. The van der Waals surface area contributed by atoms with Crippen LogP contribution in [0.3, 0.4) is 0 Å². The largest absolute Gasteiger partial charge is 0.358 e. The second-order valence-corrected chi connectivity index (χ2v) is 6.51. The molecular weight excluding hydrogens is 274 g/mol. The molecule has 0 bridgehead atoms. The van der Waals surface area contributed by atoms with Crippen molar-refractivity contribution in [1.29, 1.82) is 0 Å². The van der Waals surface area contributed by atoms with Gasteiger partial charge in [0.1, 0.15) is 0 Å². The molecule has 0 aliphatic heterocycles. The first-order valence-electron chi connectivity index (χ1n) is 7.95. The maximum Gasteiger partial charge on any atom is 0.318 e. The predicted molar refractivity (Wildman–Crippen MR) is 92.1 cm³/mol. The number of urea groups is 1. The lowest BCUT2D eigenvalue weighted by atomic mass is 10.1. The van der Waals surface area contributed by atoms with Gasteiger partial charge in [0.25, 0.3) is 0 Å². The zero-order valence-corrected chi connectivity index (χ0v) is 14.4. The number of benzene rings is 1. The Morgan fingerprint density at radius 1 is 1.18 bits per heavy atom. The van der Waals surface area contributed by atoms with Crippen molar-refractivity contribution in [2.75, 3.05) is 0 Å². The van der Waals surface area contributed by atoms with Crippen LogP contribution in [0.5, 0.6) is 0 Å². The smallest absolute Gasteiger partial charge is 0.318 e. The van der Waals surface area contributed by atoms with Crippen molar-refractivity contribution in [3.05, 3.63) is 35.0 Å². The van der Waals surface area contributed by atoms with E-state index < -0.39 is 0 Å². The SMILES string of the molecule is Cc1[nH]c2ccc(CNC(=O)N(C(C)C)C(C)C)cc2c1C. The minimum Gasteiger partial charge on any atom is -0.358 e. The van der Waals surface area contributed by atoms with E-state index in [4.69, 9.17) is 0 Å². The molecule has 0 saturated carbocycles. The summed E-state index contributed by atoms with van der Waals surface area (Å²) in [6.07, 6.45) is 0. The lowest BCUT2D eigenvalue weighted by Crippen LogP contribution is -2.47. The second-order valence-electron chi connectivity index (χ2n) is 6.51. The highest BCUT2D eigenvalue weighted by atomic mass is 16.2. The van der Waals surface area contributed by atoms with Gasteiger partial charge in [-0.2, -0.15) is 0 Å². The average Bonchev–Trinajstić information content (AvgIpc) is 2.71. The third-order valence-corrected chi connectivity index (χ3v) is 4.16. The Labute approximate surface area is 132 Å². The highest BCUT2D eigenvalue weighted by molar-refractivity contribution is 5.85. The third kappa shape index (κ3) is 3.26. The van der Waals surface area contributed by atoms with E-state index >= 15 is 0 Å². The van der Waals surface area contributed by atoms with Crippen molar-refractivity contribution >= 4 is 16.9 Å². The highest BCUT2D eigenvalue weighted by Gasteiger charge is 2.19. The number of carbonyl (C=O) groups excluding carboxylic acids is 1. The lowest BCUT2D eigenvalue weighted by Gasteiger charge is -2.30. The van der Waals surface area contributed by atoms with Gasteiger partial charge < -0.3 is 15.2 Å². The molecule has 0 unspecified atom stereocenters. The summed E-state index contributed by atoms with van der Waals surface area (Å²) >= 11 is 0. The molecule has 1 heterocycles. The van der Waals surface area contributed by atoms with Gasteiger partial charge in [-0.3, -0.25) is 0 Å². The van der Waals surface area contributed by atoms with Crippen LogP contribution < -0.4 is 5.32 Å². The quantitative estimate of drug-likeness (QED) is 0.877. The minimum absolute atomic E-state index is 0.00734. The van der Waals surface area contributed by atoms with Crippen LogP contribution in [0.25, 0.3) is 10.9 Å². The molecular formula is C18H27N3O. The van der Waals surface area contributed by atoms with Gasteiger partial charge >= 0.3 is 6.03 Å². The molecule has 1 aromatic carbocycles. The topological polar surface area (TPSA) is 48.1 Å². The summed E-state index contributed by atoms with van der Waals surface area (Å²) in [6.45, 7) is 12.9. The number of nitrogens with zero attached hydrogens (tertiary/aromatic N) is 1. The first-order valence-corrected chi connectivity index (χ1v) is 7.95. The molecule has 0 fully saturated rings. The summed E-state index contributed by atoms with van der Waals surface area (Å²) in [5.74, 6) is 0. The van der Waals surface area contributed by atoms with Crippen LogP contribution in [-0.4, -0.2) is 28.0 Å². The number of fused-ring (bicyclic) bond motifs is 1. The fourth-order valence-corrected chi connectivity index (χ4v) is 2.95. The van der Waals surface area contributed by atoms with Gasteiger partial charge in [0.15, 0.2) is 0 Å². The fraction of sp³-hybridized carbons (Fsp3) is 0.500. The molecule has 0 radical (unpaired) electrons. The van der Waals surface area contributed by atoms with E-state index in [9.17, 15) is 4.79 Å². The van der Waals surface area contributed by atoms with Crippen LogP contribution in [0.2, 0.25) is 0 Å². The van der Waals surface area contributed by atoms with Crippen LogP contribution >= 0.6 is 0 Å². The lowest BCUT2D eigenvalue weighted by molar-refractivity contribution is 0.164. The van der Waals surface area contributed by atoms with Gasteiger partial charge in [-0.05, 0) is 64.8 Å². The molecule has 0 spiro atoms. The number of carbonyl (C=O) groups is 1. The Hall–Kier alpha value is -1.97. The van der Waals surface area contributed by atoms with E-state index in [0.717, 1.165) is 11.1 Å². The molecule has 120 valence electrons. The Morgan fingerprint density at radius 3 is 2.41 bits per heavy atom. The maximum absolute atomic E-state index is 12.3. The van der Waals surface area contributed by atoms with Crippen molar-refractivity contribution in [1.82, 2.24) is 15.2 Å². The molecule has 2 amide bonds. The van der Waals surface area contributed by atoms with Crippen LogP contribution in [0.15, 0.2) is 18.2 Å². The van der Waals surface area contributed by atoms with Gasteiger partial charge in [0, 0.05) is 35.2 Å². The second kappa shape index (κ2) is 6.42.